The molecule has 0 heterocycles. The van der Waals surface area contributed by atoms with Crippen molar-refractivity contribution >= 4 is 19.8 Å². The van der Waals surface area contributed by atoms with Crippen LogP contribution in [0, 0.1) is 0 Å². The fourth-order valence-corrected chi connectivity index (χ4v) is 5.98. The molecular weight excluding hydrogens is 737 g/mol. The fraction of sp³-hybridized carbons (Fsp3) is 0.617. The van der Waals surface area contributed by atoms with Crippen molar-refractivity contribution in [3.63, 3.8) is 0 Å². The average Bonchev–Trinajstić information content (AvgIpc) is 3.20. The zero-order valence-corrected chi connectivity index (χ0v) is 36.4. The van der Waals surface area contributed by atoms with Crippen LogP contribution in [-0.2, 0) is 32.7 Å². The first-order valence-electron chi connectivity index (χ1n) is 21.7. The number of unbranched alkanes of at least 4 members (excludes halogenated alkanes) is 10. The molecule has 1 unspecified atom stereocenters. The molecule has 0 aliphatic rings. The van der Waals surface area contributed by atoms with E-state index in [0.717, 1.165) is 51.4 Å². The van der Waals surface area contributed by atoms with Crippen molar-refractivity contribution in [3.05, 3.63) is 97.2 Å². The predicted molar refractivity (Wildman–Crippen MR) is 238 cm³/mol. The molecule has 0 aromatic rings. The van der Waals surface area contributed by atoms with Crippen molar-refractivity contribution in [2.45, 2.75) is 161 Å². The molecule has 0 aromatic heterocycles. The first-order chi connectivity index (χ1) is 27.8. The van der Waals surface area contributed by atoms with E-state index in [2.05, 4.69) is 92.8 Å². The molecule has 2 atom stereocenters. The monoisotopic (exact) mass is 816 g/mol. The number of carbonyl (C=O) groups excluding carboxylic acids is 2. The Labute approximate surface area is 346 Å². The highest BCUT2D eigenvalue weighted by Gasteiger charge is 2.25. The molecule has 0 fully saturated rings. The summed E-state index contributed by atoms with van der Waals surface area (Å²) in [5, 5.41) is 0. The summed E-state index contributed by atoms with van der Waals surface area (Å²) in [5.74, 6) is -0.996. The molecule has 9 nitrogen and oxygen atoms in total. The van der Waals surface area contributed by atoms with Gasteiger partial charge < -0.3 is 20.1 Å². The zero-order chi connectivity index (χ0) is 41.8. The minimum absolute atomic E-state index is 0.0305. The molecule has 0 bridgehead atoms. The lowest BCUT2D eigenvalue weighted by Gasteiger charge is -2.19. The lowest BCUT2D eigenvalue weighted by molar-refractivity contribution is -0.161. The van der Waals surface area contributed by atoms with Gasteiger partial charge in [0.15, 0.2) is 6.10 Å². The molecule has 3 N–H and O–H groups in total. The van der Waals surface area contributed by atoms with Gasteiger partial charge in [-0.3, -0.25) is 18.6 Å². The lowest BCUT2D eigenvalue weighted by Crippen LogP contribution is -2.29. The van der Waals surface area contributed by atoms with Crippen LogP contribution < -0.4 is 5.73 Å². The molecule has 57 heavy (non-hydrogen) atoms. The standard InChI is InChI=1S/C47H78NO8P/c1-3-5-7-9-11-13-15-17-19-21-22-24-26-28-30-32-34-36-38-40-47(50)56-45(44-55-57(51,52)54-42-41-48)43-53-46(49)39-37-35-33-31-29-27-25-23-20-18-16-14-12-10-8-6-4-2/h11,13,17-20,22,24-25,27-28,30-31,33-34,36,45H,3-10,12,14-16,21,23,26,29,32,35,37-44,48H2,1-2H3,(H,51,52)/b13-11-,19-17-,20-18-,24-22-,27-25-,30-28-,33-31-,36-34-/t45-/m1/s1. The van der Waals surface area contributed by atoms with Crippen LogP contribution in [0.2, 0.25) is 0 Å². The molecule has 0 spiro atoms. The molecule has 0 aliphatic heterocycles. The number of esters is 2. The van der Waals surface area contributed by atoms with E-state index in [1.807, 2.05) is 18.2 Å². The Hall–Kier alpha value is -3.07. The SMILES string of the molecule is CCCCC/C=C\C/C=C\C/C=C\C/C=C\C/C=C\CCC(=O)O[C@H](COC(=O)CCC/C=C\C/C=C\C/C=C\CCCCCCCC)COP(=O)(O)OCCN. The van der Waals surface area contributed by atoms with Gasteiger partial charge in [-0.2, -0.15) is 0 Å². The molecule has 324 valence electrons. The van der Waals surface area contributed by atoms with Gasteiger partial charge in [0.05, 0.1) is 13.2 Å². The van der Waals surface area contributed by atoms with Crippen LogP contribution in [0.15, 0.2) is 97.2 Å². The van der Waals surface area contributed by atoms with Gasteiger partial charge in [0.1, 0.15) is 6.61 Å². The number of allylic oxidation sites excluding steroid dienone is 16. The number of phosphoric acid groups is 1. The first-order valence-corrected chi connectivity index (χ1v) is 23.2. The van der Waals surface area contributed by atoms with E-state index in [1.54, 1.807) is 0 Å². The van der Waals surface area contributed by atoms with Crippen LogP contribution in [0.1, 0.15) is 155 Å². The van der Waals surface area contributed by atoms with Gasteiger partial charge in [0.25, 0.3) is 0 Å². The van der Waals surface area contributed by atoms with Crippen LogP contribution in [0.25, 0.3) is 0 Å². The second-order valence-electron chi connectivity index (χ2n) is 13.8. The van der Waals surface area contributed by atoms with Crippen LogP contribution in [-0.4, -0.2) is 49.3 Å². The van der Waals surface area contributed by atoms with E-state index in [0.29, 0.717) is 12.8 Å². The summed E-state index contributed by atoms with van der Waals surface area (Å²) in [4.78, 5) is 34.8. The Bertz CT molecular complexity index is 1250. The summed E-state index contributed by atoms with van der Waals surface area (Å²) in [6, 6.07) is 0. The van der Waals surface area contributed by atoms with Crippen molar-refractivity contribution in [2.75, 3.05) is 26.4 Å². The van der Waals surface area contributed by atoms with Crippen LogP contribution >= 0.6 is 7.82 Å². The van der Waals surface area contributed by atoms with Gasteiger partial charge in [0, 0.05) is 19.4 Å². The van der Waals surface area contributed by atoms with Gasteiger partial charge in [-0.05, 0) is 83.5 Å². The largest absolute Gasteiger partial charge is 0.472 e. The van der Waals surface area contributed by atoms with Crippen LogP contribution in [0.4, 0.5) is 0 Å². The van der Waals surface area contributed by atoms with Crippen LogP contribution in [0.5, 0.6) is 0 Å². The summed E-state index contributed by atoms with van der Waals surface area (Å²) in [6.45, 7) is 3.53. The Kier molecular flexibility index (Phi) is 40.2. The Balaban J connectivity index is 4.39. The van der Waals surface area contributed by atoms with Crippen molar-refractivity contribution in [1.82, 2.24) is 0 Å². The number of hydrogen-bond acceptors (Lipinski definition) is 8. The molecule has 0 rings (SSSR count). The Morgan fingerprint density at radius 3 is 1.46 bits per heavy atom. The summed E-state index contributed by atoms with van der Waals surface area (Å²) in [7, 11) is -4.41. The van der Waals surface area contributed by atoms with Crippen molar-refractivity contribution in [1.29, 1.82) is 0 Å². The van der Waals surface area contributed by atoms with Gasteiger partial charge in [-0.15, -0.1) is 0 Å². The third kappa shape index (κ3) is 42.4. The first kappa shape index (κ1) is 53.9. The molecule has 0 amide bonds. The second kappa shape index (κ2) is 42.5. The number of nitrogens with two attached hydrogens (primary N) is 1. The maximum absolute atomic E-state index is 12.5. The smallest absolute Gasteiger partial charge is 0.462 e. The highest BCUT2D eigenvalue weighted by molar-refractivity contribution is 7.47. The Morgan fingerprint density at radius 1 is 0.526 bits per heavy atom. The van der Waals surface area contributed by atoms with E-state index in [4.69, 9.17) is 24.3 Å². The third-order valence-corrected chi connectivity index (χ3v) is 9.44. The topological polar surface area (TPSA) is 134 Å². The van der Waals surface area contributed by atoms with E-state index >= 15 is 0 Å². The summed E-state index contributed by atoms with van der Waals surface area (Å²) in [6.07, 6.45) is 54.6. The number of ether oxygens (including phenoxy) is 2. The normalized spacial score (nSPS) is 14.2. The minimum Gasteiger partial charge on any atom is -0.462 e. The van der Waals surface area contributed by atoms with E-state index < -0.39 is 32.5 Å². The number of hydrogen-bond donors (Lipinski definition) is 2. The number of rotatable bonds is 39. The summed E-state index contributed by atoms with van der Waals surface area (Å²) >= 11 is 0. The van der Waals surface area contributed by atoms with Gasteiger partial charge >= 0.3 is 19.8 Å². The molecular formula is C47H78NO8P. The van der Waals surface area contributed by atoms with Gasteiger partial charge in [-0.1, -0.05) is 156 Å². The van der Waals surface area contributed by atoms with Crippen molar-refractivity contribution in [2.24, 2.45) is 5.73 Å². The molecule has 0 radical (unpaired) electrons. The molecule has 10 heteroatoms. The summed E-state index contributed by atoms with van der Waals surface area (Å²) < 4.78 is 32.6. The summed E-state index contributed by atoms with van der Waals surface area (Å²) in [5.41, 5.74) is 5.34. The zero-order valence-electron chi connectivity index (χ0n) is 35.5. The van der Waals surface area contributed by atoms with E-state index in [1.165, 1.54) is 64.2 Å². The average molecular weight is 816 g/mol. The molecule has 0 aliphatic carbocycles. The number of phosphoric ester groups is 1. The third-order valence-electron chi connectivity index (χ3n) is 8.46. The molecule has 0 saturated heterocycles. The minimum atomic E-state index is -4.41. The molecule has 0 aromatic carbocycles. The highest BCUT2D eigenvalue weighted by Crippen LogP contribution is 2.43. The molecule has 0 saturated carbocycles. The maximum atomic E-state index is 12.5. The maximum Gasteiger partial charge on any atom is 0.472 e. The van der Waals surface area contributed by atoms with Crippen molar-refractivity contribution in [3.8, 4) is 0 Å². The lowest BCUT2D eigenvalue weighted by atomic mass is 10.1. The van der Waals surface area contributed by atoms with Gasteiger partial charge in [-0.25, -0.2) is 4.57 Å². The quantitative estimate of drug-likeness (QED) is 0.0269. The van der Waals surface area contributed by atoms with Gasteiger partial charge in [0.2, 0.25) is 0 Å². The fourth-order valence-electron chi connectivity index (χ4n) is 5.22. The van der Waals surface area contributed by atoms with Crippen LogP contribution in [0.3, 0.4) is 0 Å². The second-order valence-corrected chi connectivity index (χ2v) is 15.3. The van der Waals surface area contributed by atoms with E-state index in [9.17, 15) is 19.0 Å². The van der Waals surface area contributed by atoms with E-state index in [-0.39, 0.29) is 32.6 Å². The highest BCUT2D eigenvalue weighted by atomic mass is 31.2. The number of carbonyl (C=O) groups is 2. The Morgan fingerprint density at radius 2 is 0.947 bits per heavy atom. The predicted octanol–water partition coefficient (Wildman–Crippen LogP) is 12.6. The van der Waals surface area contributed by atoms with Crippen molar-refractivity contribution < 1.29 is 37.6 Å².